The number of halogens is 1. The highest BCUT2D eigenvalue weighted by Crippen LogP contribution is 2.09. The second kappa shape index (κ2) is 6.41. The van der Waals surface area contributed by atoms with Crippen LogP contribution in [0.4, 0.5) is 5.82 Å². The fraction of sp³-hybridized carbons (Fsp3) is 0.214. The number of hydrogen-bond donors (Lipinski definition) is 1. The van der Waals surface area contributed by atoms with Crippen molar-refractivity contribution in [1.82, 2.24) is 9.55 Å². The predicted octanol–water partition coefficient (Wildman–Crippen LogP) is 1.59. The van der Waals surface area contributed by atoms with Crippen LogP contribution in [0.3, 0.4) is 0 Å². The molecule has 1 N–H and O–H groups in total. The van der Waals surface area contributed by atoms with Crippen LogP contribution >= 0.6 is 11.6 Å². The third-order valence-corrected chi connectivity index (χ3v) is 3.18. The van der Waals surface area contributed by atoms with Gasteiger partial charge in [-0.1, -0.05) is 23.7 Å². The first-order valence-corrected chi connectivity index (χ1v) is 6.76. The Morgan fingerprint density at radius 2 is 2.00 bits per heavy atom. The van der Waals surface area contributed by atoms with Crippen molar-refractivity contribution in [2.75, 3.05) is 11.6 Å². The number of anilines is 1. The molecule has 1 heterocycles. The van der Waals surface area contributed by atoms with E-state index in [4.69, 9.17) is 11.6 Å². The zero-order valence-corrected chi connectivity index (χ0v) is 12.5. The van der Waals surface area contributed by atoms with E-state index in [1.165, 1.54) is 18.1 Å². The minimum atomic E-state index is -0.474. The maximum atomic E-state index is 11.6. The molecule has 1 aromatic carbocycles. The van der Waals surface area contributed by atoms with Crippen molar-refractivity contribution in [3.05, 3.63) is 61.8 Å². The Balaban J connectivity index is 2.30. The number of aromatic nitrogens is 2. The van der Waals surface area contributed by atoms with E-state index in [0.29, 0.717) is 17.4 Å². The highest BCUT2D eigenvalue weighted by Gasteiger charge is 2.06. The zero-order chi connectivity index (χ0) is 15.4. The van der Waals surface area contributed by atoms with Gasteiger partial charge in [-0.2, -0.15) is 5.10 Å². The molecule has 2 aromatic rings. The lowest BCUT2D eigenvalue weighted by Crippen LogP contribution is -2.34. The first kappa shape index (κ1) is 15.1. The number of nitrogens with one attached hydrogen (secondary N) is 1. The van der Waals surface area contributed by atoms with Crippen LogP contribution < -0.4 is 16.3 Å². The molecule has 0 radical (unpaired) electrons. The number of aromatic amines is 1. The number of H-pyrrole nitrogens is 1. The lowest BCUT2D eigenvalue weighted by atomic mass is 10.2. The van der Waals surface area contributed by atoms with Crippen LogP contribution in [0.25, 0.3) is 0 Å². The monoisotopic (exact) mass is 306 g/mol. The van der Waals surface area contributed by atoms with Crippen molar-refractivity contribution in [1.29, 1.82) is 0 Å². The van der Waals surface area contributed by atoms with Crippen molar-refractivity contribution in [3.8, 4) is 0 Å². The second-order valence-electron chi connectivity index (χ2n) is 4.37. The van der Waals surface area contributed by atoms with Crippen LogP contribution in [-0.4, -0.2) is 22.3 Å². The molecule has 21 heavy (non-hydrogen) atoms. The van der Waals surface area contributed by atoms with Gasteiger partial charge in [0.1, 0.15) is 5.82 Å². The zero-order valence-electron chi connectivity index (χ0n) is 11.7. The van der Waals surface area contributed by atoms with Crippen LogP contribution in [0.5, 0.6) is 0 Å². The molecule has 0 saturated carbocycles. The summed E-state index contributed by atoms with van der Waals surface area (Å²) in [5.41, 5.74) is 0.00978. The molecule has 0 atom stereocenters. The van der Waals surface area contributed by atoms with Gasteiger partial charge in [-0.25, -0.2) is 9.80 Å². The van der Waals surface area contributed by atoms with Gasteiger partial charge in [0.25, 0.3) is 5.56 Å². The predicted molar refractivity (Wildman–Crippen MR) is 84.4 cm³/mol. The van der Waals surface area contributed by atoms with Gasteiger partial charge in [0, 0.05) is 24.7 Å². The Morgan fingerprint density at radius 1 is 1.33 bits per heavy atom. The van der Waals surface area contributed by atoms with Crippen LogP contribution in [0.15, 0.2) is 45.0 Å². The Labute approximate surface area is 126 Å². The Bertz CT molecular complexity index is 731. The van der Waals surface area contributed by atoms with Crippen LogP contribution in [0.1, 0.15) is 12.5 Å². The first-order chi connectivity index (χ1) is 10.0. The molecule has 0 spiro atoms. The highest BCUT2D eigenvalue weighted by atomic mass is 35.5. The number of benzene rings is 1. The molecule has 0 amide bonds. The summed E-state index contributed by atoms with van der Waals surface area (Å²) in [5, 5.41) is 6.46. The maximum absolute atomic E-state index is 11.6. The number of hydrazone groups is 1. The Morgan fingerprint density at radius 3 is 2.57 bits per heavy atom. The van der Waals surface area contributed by atoms with Crippen LogP contribution in [0, 0.1) is 0 Å². The van der Waals surface area contributed by atoms with E-state index >= 15 is 0 Å². The molecule has 7 heteroatoms. The minimum Gasteiger partial charge on any atom is -0.292 e. The van der Waals surface area contributed by atoms with Gasteiger partial charge in [0.2, 0.25) is 0 Å². The van der Waals surface area contributed by atoms with E-state index in [0.717, 1.165) is 10.1 Å². The molecule has 0 aliphatic carbocycles. The van der Waals surface area contributed by atoms with Crippen molar-refractivity contribution < 1.29 is 0 Å². The quantitative estimate of drug-likeness (QED) is 0.689. The van der Waals surface area contributed by atoms with Crippen LogP contribution in [-0.2, 0) is 7.05 Å². The summed E-state index contributed by atoms with van der Waals surface area (Å²) >= 11 is 5.82. The first-order valence-electron chi connectivity index (χ1n) is 6.38. The van der Waals surface area contributed by atoms with Gasteiger partial charge in [0.05, 0.1) is 6.21 Å². The average molecular weight is 307 g/mol. The van der Waals surface area contributed by atoms with Gasteiger partial charge in [-0.05, 0) is 24.6 Å². The van der Waals surface area contributed by atoms with Crippen molar-refractivity contribution in [2.45, 2.75) is 6.92 Å². The summed E-state index contributed by atoms with van der Waals surface area (Å²) in [6.07, 6.45) is 1.63. The molecule has 6 nitrogen and oxygen atoms in total. The molecule has 0 fully saturated rings. The molecular formula is C14H15ClN4O2. The van der Waals surface area contributed by atoms with Crippen LogP contribution in [0.2, 0.25) is 5.02 Å². The minimum absolute atomic E-state index is 0.357. The standard InChI is InChI=1S/C14H15ClN4O2/c1-3-19(12-8-13(20)18(2)14(21)17-12)16-9-10-4-6-11(15)7-5-10/h4-9H,3H2,1-2H3,(H,17,21). The van der Waals surface area contributed by atoms with Gasteiger partial charge < -0.3 is 0 Å². The molecule has 110 valence electrons. The van der Waals surface area contributed by atoms with Crippen molar-refractivity contribution in [3.63, 3.8) is 0 Å². The summed E-state index contributed by atoms with van der Waals surface area (Å²) in [7, 11) is 1.41. The average Bonchev–Trinajstić information content (AvgIpc) is 2.47. The van der Waals surface area contributed by atoms with E-state index in [2.05, 4.69) is 10.1 Å². The largest absolute Gasteiger partial charge is 0.329 e. The summed E-state index contributed by atoms with van der Waals surface area (Å²) in [6.45, 7) is 2.38. The molecule has 0 aliphatic rings. The highest BCUT2D eigenvalue weighted by molar-refractivity contribution is 6.30. The number of rotatable bonds is 4. The third-order valence-electron chi connectivity index (χ3n) is 2.92. The summed E-state index contributed by atoms with van der Waals surface area (Å²) in [6, 6.07) is 8.52. The molecule has 1 aromatic heterocycles. The SMILES string of the molecule is CCN(N=Cc1ccc(Cl)cc1)c1cc(=O)n(C)c(=O)[nH]1. The second-order valence-corrected chi connectivity index (χ2v) is 4.81. The molecule has 0 unspecified atom stereocenters. The normalized spacial score (nSPS) is 11.0. The lowest BCUT2D eigenvalue weighted by molar-refractivity contribution is 0.756. The number of hydrogen-bond acceptors (Lipinski definition) is 4. The fourth-order valence-corrected chi connectivity index (χ4v) is 1.81. The van der Waals surface area contributed by atoms with E-state index < -0.39 is 5.69 Å². The molecule has 0 aliphatic heterocycles. The summed E-state index contributed by atoms with van der Waals surface area (Å²) < 4.78 is 1.00. The van der Waals surface area contributed by atoms with Crippen molar-refractivity contribution in [2.24, 2.45) is 12.1 Å². The third kappa shape index (κ3) is 3.61. The molecule has 0 saturated heterocycles. The molecular weight excluding hydrogens is 292 g/mol. The smallest absolute Gasteiger partial charge is 0.292 e. The summed E-state index contributed by atoms with van der Waals surface area (Å²) in [4.78, 5) is 25.9. The fourth-order valence-electron chi connectivity index (χ4n) is 1.68. The summed E-state index contributed by atoms with van der Waals surface area (Å²) in [5.74, 6) is 0.357. The van der Waals surface area contributed by atoms with E-state index in [1.54, 1.807) is 18.3 Å². The van der Waals surface area contributed by atoms with E-state index in [9.17, 15) is 9.59 Å². The van der Waals surface area contributed by atoms with Gasteiger partial charge in [0.15, 0.2) is 0 Å². The van der Waals surface area contributed by atoms with Crippen molar-refractivity contribution >= 4 is 23.6 Å². The maximum Gasteiger partial charge on any atom is 0.329 e. The topological polar surface area (TPSA) is 70.5 Å². The molecule has 2 rings (SSSR count). The molecule has 0 bridgehead atoms. The van der Waals surface area contributed by atoms with E-state index in [-0.39, 0.29) is 5.56 Å². The number of nitrogens with zero attached hydrogens (tertiary/aromatic N) is 3. The lowest BCUT2D eigenvalue weighted by Gasteiger charge is -2.16. The Kier molecular flexibility index (Phi) is 4.59. The van der Waals surface area contributed by atoms with E-state index in [1.807, 2.05) is 19.1 Å². The van der Waals surface area contributed by atoms with Gasteiger partial charge in [-0.15, -0.1) is 0 Å². The Hall–Kier alpha value is -2.34. The van der Waals surface area contributed by atoms with Gasteiger partial charge in [-0.3, -0.25) is 14.3 Å². The van der Waals surface area contributed by atoms with Gasteiger partial charge >= 0.3 is 5.69 Å².